The van der Waals surface area contributed by atoms with E-state index in [1.807, 2.05) is 18.2 Å². The highest BCUT2D eigenvalue weighted by Gasteiger charge is 2.34. The summed E-state index contributed by atoms with van der Waals surface area (Å²) in [5, 5.41) is 0. The van der Waals surface area contributed by atoms with Crippen LogP contribution in [-0.2, 0) is 6.18 Å². The van der Waals surface area contributed by atoms with E-state index in [9.17, 15) is 13.2 Å². The first kappa shape index (κ1) is 14.6. The normalized spacial score (nSPS) is 15.1. The van der Waals surface area contributed by atoms with Crippen molar-refractivity contribution in [2.24, 2.45) is 0 Å². The van der Waals surface area contributed by atoms with Gasteiger partial charge in [-0.1, -0.05) is 6.07 Å². The number of ether oxygens (including phenoxy) is 1. The molecule has 2 aromatic rings. The Balaban J connectivity index is 1.74. The summed E-state index contributed by atoms with van der Waals surface area (Å²) >= 11 is 0. The molecule has 1 aromatic heterocycles. The maximum Gasteiger partial charge on any atom is 0.451 e. The predicted molar refractivity (Wildman–Crippen MR) is 75.0 cm³/mol. The molecule has 116 valence electrons. The molecule has 0 saturated carbocycles. The number of halogens is 3. The second kappa shape index (κ2) is 5.82. The fraction of sp³-hybridized carbons (Fsp3) is 0.333. The van der Waals surface area contributed by atoms with Gasteiger partial charge in [-0.15, -0.1) is 0 Å². The van der Waals surface area contributed by atoms with E-state index >= 15 is 0 Å². The molecular formula is C15H14F3N3O. The molecule has 0 amide bonds. The van der Waals surface area contributed by atoms with Crippen molar-refractivity contribution in [2.75, 3.05) is 18.0 Å². The van der Waals surface area contributed by atoms with Crippen LogP contribution in [-0.4, -0.2) is 23.1 Å². The maximum atomic E-state index is 12.4. The van der Waals surface area contributed by atoms with Crippen LogP contribution in [0.15, 0.2) is 36.7 Å². The van der Waals surface area contributed by atoms with Gasteiger partial charge in [0.2, 0.25) is 5.82 Å². The SMILES string of the molecule is FC(F)(F)c1ncc(Oc2cccc(N3CCCC3)c2)cn1. The molecular weight excluding hydrogens is 295 g/mol. The number of rotatable bonds is 3. The molecule has 22 heavy (non-hydrogen) atoms. The van der Waals surface area contributed by atoms with Crippen LogP contribution in [0.5, 0.6) is 11.5 Å². The summed E-state index contributed by atoms with van der Waals surface area (Å²) in [5.74, 6) is -0.454. The van der Waals surface area contributed by atoms with Crippen molar-refractivity contribution < 1.29 is 17.9 Å². The maximum absolute atomic E-state index is 12.4. The number of benzene rings is 1. The minimum Gasteiger partial charge on any atom is -0.454 e. The highest BCUT2D eigenvalue weighted by Crippen LogP contribution is 2.29. The number of anilines is 1. The van der Waals surface area contributed by atoms with Crippen LogP contribution in [0.25, 0.3) is 0 Å². The van der Waals surface area contributed by atoms with Gasteiger partial charge in [-0.3, -0.25) is 0 Å². The van der Waals surface area contributed by atoms with E-state index in [2.05, 4.69) is 14.9 Å². The van der Waals surface area contributed by atoms with E-state index < -0.39 is 12.0 Å². The molecule has 1 aliphatic heterocycles. The van der Waals surface area contributed by atoms with Gasteiger partial charge in [0.1, 0.15) is 5.75 Å². The molecule has 0 radical (unpaired) electrons. The standard InChI is InChI=1S/C15H14F3N3O/c16-15(17,18)14-19-9-13(10-20-14)22-12-5-3-4-11(8-12)21-6-1-2-7-21/h3-5,8-10H,1-2,6-7H2. The fourth-order valence-corrected chi connectivity index (χ4v) is 2.37. The zero-order chi connectivity index (χ0) is 15.6. The largest absolute Gasteiger partial charge is 0.454 e. The molecule has 0 aliphatic carbocycles. The Bertz CT molecular complexity index is 637. The highest BCUT2D eigenvalue weighted by atomic mass is 19.4. The molecule has 0 unspecified atom stereocenters. The molecule has 1 aromatic carbocycles. The fourth-order valence-electron chi connectivity index (χ4n) is 2.37. The second-order valence-corrected chi connectivity index (χ2v) is 5.03. The van der Waals surface area contributed by atoms with Gasteiger partial charge in [-0.05, 0) is 25.0 Å². The summed E-state index contributed by atoms with van der Waals surface area (Å²) in [5.41, 5.74) is 1.04. The average molecular weight is 309 g/mol. The summed E-state index contributed by atoms with van der Waals surface area (Å²) in [4.78, 5) is 8.80. The Morgan fingerprint density at radius 1 is 1.00 bits per heavy atom. The molecule has 1 aliphatic rings. The lowest BCUT2D eigenvalue weighted by atomic mass is 10.3. The number of hydrogen-bond acceptors (Lipinski definition) is 4. The lowest BCUT2D eigenvalue weighted by Gasteiger charge is -2.18. The lowest BCUT2D eigenvalue weighted by Crippen LogP contribution is -2.17. The first-order valence-corrected chi connectivity index (χ1v) is 6.94. The number of alkyl halides is 3. The lowest BCUT2D eigenvalue weighted by molar-refractivity contribution is -0.145. The molecule has 7 heteroatoms. The van der Waals surface area contributed by atoms with Gasteiger partial charge < -0.3 is 9.64 Å². The van der Waals surface area contributed by atoms with Crippen molar-refractivity contribution in [1.29, 1.82) is 0 Å². The molecule has 4 nitrogen and oxygen atoms in total. The zero-order valence-electron chi connectivity index (χ0n) is 11.7. The Morgan fingerprint density at radius 2 is 1.68 bits per heavy atom. The van der Waals surface area contributed by atoms with E-state index in [1.54, 1.807) is 6.07 Å². The number of nitrogens with zero attached hydrogens (tertiary/aromatic N) is 3. The van der Waals surface area contributed by atoms with Crippen LogP contribution in [0.3, 0.4) is 0 Å². The summed E-state index contributed by atoms with van der Waals surface area (Å²) in [7, 11) is 0. The molecule has 0 atom stereocenters. The molecule has 3 rings (SSSR count). The van der Waals surface area contributed by atoms with E-state index in [1.165, 1.54) is 0 Å². The van der Waals surface area contributed by atoms with E-state index in [-0.39, 0.29) is 5.75 Å². The molecule has 2 heterocycles. The zero-order valence-corrected chi connectivity index (χ0v) is 11.7. The van der Waals surface area contributed by atoms with Crippen molar-refractivity contribution in [2.45, 2.75) is 19.0 Å². The van der Waals surface area contributed by atoms with Gasteiger partial charge in [0.25, 0.3) is 0 Å². The third-order valence-electron chi connectivity index (χ3n) is 3.41. The third-order valence-corrected chi connectivity index (χ3v) is 3.41. The average Bonchev–Trinajstić information content (AvgIpc) is 3.01. The Kier molecular flexibility index (Phi) is 3.87. The monoisotopic (exact) mass is 309 g/mol. The van der Waals surface area contributed by atoms with Gasteiger partial charge in [-0.25, -0.2) is 9.97 Å². The third kappa shape index (κ3) is 3.29. The minimum atomic E-state index is -4.55. The van der Waals surface area contributed by atoms with Gasteiger partial charge in [0.15, 0.2) is 5.75 Å². The summed E-state index contributed by atoms with van der Waals surface area (Å²) in [6.07, 6.45) is -0.166. The van der Waals surface area contributed by atoms with E-state index in [0.29, 0.717) is 5.75 Å². The molecule has 1 fully saturated rings. The smallest absolute Gasteiger partial charge is 0.451 e. The molecule has 0 bridgehead atoms. The highest BCUT2D eigenvalue weighted by molar-refractivity contribution is 5.51. The first-order chi connectivity index (χ1) is 10.5. The Hall–Kier alpha value is -2.31. The van der Waals surface area contributed by atoms with Crippen LogP contribution in [0.1, 0.15) is 18.7 Å². The van der Waals surface area contributed by atoms with Crippen LogP contribution in [0, 0.1) is 0 Å². The molecule has 0 N–H and O–H groups in total. The van der Waals surface area contributed by atoms with Gasteiger partial charge in [-0.2, -0.15) is 13.2 Å². The van der Waals surface area contributed by atoms with Crippen molar-refractivity contribution in [3.8, 4) is 11.5 Å². The van der Waals surface area contributed by atoms with E-state index in [0.717, 1.165) is 44.0 Å². The van der Waals surface area contributed by atoms with Crippen molar-refractivity contribution in [1.82, 2.24) is 9.97 Å². The van der Waals surface area contributed by atoms with Gasteiger partial charge in [0.05, 0.1) is 12.4 Å². The summed E-state index contributed by atoms with van der Waals surface area (Å²) < 4.78 is 42.7. The quantitative estimate of drug-likeness (QED) is 0.862. The van der Waals surface area contributed by atoms with Crippen LogP contribution < -0.4 is 9.64 Å². The Labute approximate surface area is 125 Å². The van der Waals surface area contributed by atoms with Crippen molar-refractivity contribution in [3.63, 3.8) is 0 Å². The van der Waals surface area contributed by atoms with Crippen LogP contribution in [0.4, 0.5) is 18.9 Å². The van der Waals surface area contributed by atoms with E-state index in [4.69, 9.17) is 4.74 Å². The first-order valence-electron chi connectivity index (χ1n) is 6.94. The molecule has 1 saturated heterocycles. The van der Waals surface area contributed by atoms with Crippen LogP contribution in [0.2, 0.25) is 0 Å². The predicted octanol–water partition coefficient (Wildman–Crippen LogP) is 3.89. The minimum absolute atomic E-state index is 0.173. The van der Waals surface area contributed by atoms with Crippen molar-refractivity contribution in [3.05, 3.63) is 42.5 Å². The Morgan fingerprint density at radius 3 is 2.32 bits per heavy atom. The van der Waals surface area contributed by atoms with Crippen LogP contribution >= 0.6 is 0 Å². The number of aromatic nitrogens is 2. The summed E-state index contributed by atoms with van der Waals surface area (Å²) in [6.45, 7) is 2.01. The van der Waals surface area contributed by atoms with Gasteiger partial charge >= 0.3 is 6.18 Å². The van der Waals surface area contributed by atoms with Gasteiger partial charge in [0, 0.05) is 24.8 Å². The second-order valence-electron chi connectivity index (χ2n) is 5.03. The number of hydrogen-bond donors (Lipinski definition) is 0. The topological polar surface area (TPSA) is 38.2 Å². The summed E-state index contributed by atoms with van der Waals surface area (Å²) in [6, 6.07) is 7.45. The van der Waals surface area contributed by atoms with Crippen molar-refractivity contribution >= 4 is 5.69 Å². The molecule has 0 spiro atoms.